The summed E-state index contributed by atoms with van der Waals surface area (Å²) in [6, 6.07) is 3.30. The van der Waals surface area contributed by atoms with Gasteiger partial charge in [0.1, 0.15) is 17.9 Å². The number of nitrogens with one attached hydrogen (secondary N) is 2. The number of carbonyl (C=O) groups is 2. The molecule has 0 unspecified atom stereocenters. The van der Waals surface area contributed by atoms with Gasteiger partial charge in [0.15, 0.2) is 0 Å². The average molecular weight is 279 g/mol. The number of benzene rings is 1. The highest BCUT2D eigenvalue weighted by Crippen LogP contribution is 2.15. The summed E-state index contributed by atoms with van der Waals surface area (Å²) in [5, 5.41) is 22.3. The lowest BCUT2D eigenvalue weighted by Gasteiger charge is -2.14. The van der Waals surface area contributed by atoms with Crippen molar-refractivity contribution < 1.29 is 19.1 Å². The van der Waals surface area contributed by atoms with Crippen LogP contribution in [0.5, 0.6) is 0 Å². The number of amides is 2. The predicted molar refractivity (Wildman–Crippen MR) is 69.6 cm³/mol. The first-order valence-electron chi connectivity index (χ1n) is 5.98. The summed E-state index contributed by atoms with van der Waals surface area (Å²) in [7, 11) is 0. The number of urea groups is 1. The Bertz CT molecular complexity index is 554. The molecule has 0 radical (unpaired) electrons. The van der Waals surface area contributed by atoms with E-state index >= 15 is 0 Å². The van der Waals surface area contributed by atoms with Crippen molar-refractivity contribution in [1.29, 1.82) is 5.26 Å². The number of nitriles is 1. The largest absolute Gasteiger partial charge is 0.480 e. The molecule has 0 saturated carbocycles. The van der Waals surface area contributed by atoms with Crippen LogP contribution in [0.15, 0.2) is 18.2 Å². The monoisotopic (exact) mass is 279 g/mol. The van der Waals surface area contributed by atoms with Gasteiger partial charge in [-0.3, -0.25) is 0 Å². The van der Waals surface area contributed by atoms with Crippen molar-refractivity contribution in [2.75, 3.05) is 5.32 Å². The van der Waals surface area contributed by atoms with E-state index in [0.29, 0.717) is 6.42 Å². The molecule has 20 heavy (non-hydrogen) atoms. The van der Waals surface area contributed by atoms with Gasteiger partial charge in [-0.2, -0.15) is 5.26 Å². The Morgan fingerprint density at radius 3 is 2.75 bits per heavy atom. The van der Waals surface area contributed by atoms with Crippen molar-refractivity contribution in [3.63, 3.8) is 0 Å². The third-order valence-electron chi connectivity index (χ3n) is 2.53. The molecule has 7 heteroatoms. The van der Waals surface area contributed by atoms with Crippen LogP contribution >= 0.6 is 0 Å². The number of carboxylic acid groups (broad SMARTS) is 1. The third kappa shape index (κ3) is 4.24. The fourth-order valence-electron chi connectivity index (χ4n) is 1.58. The topological polar surface area (TPSA) is 102 Å². The predicted octanol–water partition coefficient (Wildman–Crippen LogP) is 2.07. The summed E-state index contributed by atoms with van der Waals surface area (Å²) in [5.41, 5.74) is 0.0783. The summed E-state index contributed by atoms with van der Waals surface area (Å²) in [4.78, 5) is 22.6. The highest BCUT2D eigenvalue weighted by Gasteiger charge is 2.19. The molecular weight excluding hydrogens is 265 g/mol. The summed E-state index contributed by atoms with van der Waals surface area (Å²) in [5.74, 6) is -1.73. The number of rotatable bonds is 5. The van der Waals surface area contributed by atoms with Crippen LogP contribution in [0, 0.1) is 17.1 Å². The normalized spacial score (nSPS) is 11.2. The van der Waals surface area contributed by atoms with Crippen LogP contribution in [0.25, 0.3) is 0 Å². The molecule has 1 atom stereocenters. The van der Waals surface area contributed by atoms with E-state index in [4.69, 9.17) is 10.4 Å². The molecular formula is C13H14FN3O3. The molecule has 3 N–H and O–H groups in total. The molecule has 1 aromatic rings. The molecule has 2 amide bonds. The molecule has 106 valence electrons. The fraction of sp³-hybridized carbons (Fsp3) is 0.308. The molecule has 6 nitrogen and oxygen atoms in total. The number of carbonyl (C=O) groups excluding carboxylic acids is 1. The molecule has 0 heterocycles. The molecule has 0 fully saturated rings. The maximum Gasteiger partial charge on any atom is 0.326 e. The van der Waals surface area contributed by atoms with Crippen LogP contribution in [0.1, 0.15) is 25.3 Å². The average Bonchev–Trinajstić information content (AvgIpc) is 2.40. The maximum absolute atomic E-state index is 12.9. The first kappa shape index (κ1) is 15.4. The van der Waals surface area contributed by atoms with Gasteiger partial charge in [-0.05, 0) is 24.6 Å². The molecule has 1 aromatic carbocycles. The Morgan fingerprint density at radius 1 is 1.50 bits per heavy atom. The number of carboxylic acids is 1. The highest BCUT2D eigenvalue weighted by atomic mass is 19.1. The molecule has 0 spiro atoms. The first-order valence-corrected chi connectivity index (χ1v) is 5.98. The van der Waals surface area contributed by atoms with Crippen molar-refractivity contribution in [2.45, 2.75) is 25.8 Å². The smallest absolute Gasteiger partial charge is 0.326 e. The van der Waals surface area contributed by atoms with Gasteiger partial charge in [0.2, 0.25) is 0 Å². The van der Waals surface area contributed by atoms with Crippen molar-refractivity contribution in [1.82, 2.24) is 5.32 Å². The van der Waals surface area contributed by atoms with E-state index in [2.05, 4.69) is 10.6 Å². The zero-order valence-corrected chi connectivity index (χ0v) is 10.8. The second-order valence-electron chi connectivity index (χ2n) is 4.08. The van der Waals surface area contributed by atoms with Gasteiger partial charge < -0.3 is 15.7 Å². The van der Waals surface area contributed by atoms with E-state index in [1.807, 2.05) is 0 Å². The summed E-state index contributed by atoms with van der Waals surface area (Å²) in [6.07, 6.45) is 0.883. The van der Waals surface area contributed by atoms with Crippen molar-refractivity contribution >= 4 is 17.7 Å². The number of nitrogens with zero attached hydrogens (tertiary/aromatic N) is 1. The van der Waals surface area contributed by atoms with E-state index in [9.17, 15) is 14.0 Å². The quantitative estimate of drug-likeness (QED) is 0.767. The van der Waals surface area contributed by atoms with Gasteiger partial charge in [-0.25, -0.2) is 14.0 Å². The van der Waals surface area contributed by atoms with E-state index in [-0.39, 0.29) is 17.7 Å². The van der Waals surface area contributed by atoms with Crippen LogP contribution < -0.4 is 10.6 Å². The number of anilines is 1. The molecule has 1 rings (SSSR count). The van der Waals surface area contributed by atoms with Crippen molar-refractivity contribution in [3.8, 4) is 6.07 Å². The highest BCUT2D eigenvalue weighted by molar-refractivity contribution is 5.93. The lowest BCUT2D eigenvalue weighted by Crippen LogP contribution is -2.43. The van der Waals surface area contributed by atoms with Crippen LogP contribution in [0.3, 0.4) is 0 Å². The lowest BCUT2D eigenvalue weighted by atomic mass is 10.1. The minimum atomic E-state index is -1.14. The van der Waals surface area contributed by atoms with E-state index in [1.54, 1.807) is 13.0 Å². The minimum absolute atomic E-state index is 0.0393. The van der Waals surface area contributed by atoms with Crippen LogP contribution in [-0.2, 0) is 4.79 Å². The zero-order valence-electron chi connectivity index (χ0n) is 10.8. The Hall–Kier alpha value is -2.62. The maximum atomic E-state index is 12.9. The standard InChI is InChI=1S/C13H14FN3O3/c1-2-3-11(12(18)19)17-13(20)16-10-5-4-9(14)6-8(10)7-15/h4-6,11H,2-3H2,1H3,(H,18,19)(H2,16,17,20)/t11-/m0/s1. The Labute approximate surface area is 115 Å². The van der Waals surface area contributed by atoms with E-state index < -0.39 is 23.9 Å². The van der Waals surface area contributed by atoms with Gasteiger partial charge in [0.05, 0.1) is 11.3 Å². The second kappa shape index (κ2) is 7.09. The van der Waals surface area contributed by atoms with E-state index in [1.165, 1.54) is 6.07 Å². The Morgan fingerprint density at radius 2 is 2.20 bits per heavy atom. The number of halogens is 1. The minimum Gasteiger partial charge on any atom is -0.480 e. The fourth-order valence-corrected chi connectivity index (χ4v) is 1.58. The molecule has 0 aliphatic heterocycles. The summed E-state index contributed by atoms with van der Waals surface area (Å²) in [6.45, 7) is 1.79. The van der Waals surface area contributed by atoms with Crippen LogP contribution in [0.2, 0.25) is 0 Å². The molecule has 0 aromatic heterocycles. The van der Waals surface area contributed by atoms with Gasteiger partial charge in [0.25, 0.3) is 0 Å². The SMILES string of the molecule is CCC[C@H](NC(=O)Nc1ccc(F)cc1C#N)C(=O)O. The van der Waals surface area contributed by atoms with Gasteiger partial charge in [-0.1, -0.05) is 13.3 Å². The van der Waals surface area contributed by atoms with Gasteiger partial charge in [0, 0.05) is 0 Å². The van der Waals surface area contributed by atoms with Crippen LogP contribution in [-0.4, -0.2) is 23.1 Å². The van der Waals surface area contributed by atoms with Crippen molar-refractivity contribution in [2.24, 2.45) is 0 Å². The van der Waals surface area contributed by atoms with Crippen LogP contribution in [0.4, 0.5) is 14.9 Å². The van der Waals surface area contributed by atoms with Gasteiger partial charge >= 0.3 is 12.0 Å². The Kier molecular flexibility index (Phi) is 5.47. The second-order valence-corrected chi connectivity index (χ2v) is 4.08. The zero-order chi connectivity index (χ0) is 15.1. The lowest BCUT2D eigenvalue weighted by molar-refractivity contribution is -0.139. The number of hydrogen-bond acceptors (Lipinski definition) is 3. The molecule has 0 aliphatic carbocycles. The first-order chi connectivity index (χ1) is 9.47. The summed E-state index contributed by atoms with van der Waals surface area (Å²) >= 11 is 0. The number of hydrogen-bond donors (Lipinski definition) is 3. The van der Waals surface area contributed by atoms with E-state index in [0.717, 1.165) is 12.1 Å². The Balaban J connectivity index is 2.76. The number of aliphatic carboxylic acids is 1. The third-order valence-corrected chi connectivity index (χ3v) is 2.53. The van der Waals surface area contributed by atoms with Crippen molar-refractivity contribution in [3.05, 3.63) is 29.6 Å². The summed E-state index contributed by atoms with van der Waals surface area (Å²) < 4.78 is 12.9. The van der Waals surface area contributed by atoms with Gasteiger partial charge in [-0.15, -0.1) is 0 Å². The molecule has 0 bridgehead atoms. The molecule has 0 saturated heterocycles. The molecule has 0 aliphatic rings.